The number of nitrogens with one attached hydrogen (secondary N) is 2. The number of amides is 1. The van der Waals surface area contributed by atoms with Crippen LogP contribution in [0.2, 0.25) is 0 Å². The van der Waals surface area contributed by atoms with Crippen molar-refractivity contribution >= 4 is 33.1 Å². The number of pyridine rings is 3. The molecule has 2 aliphatic rings. The Kier molecular flexibility index (Phi) is 7.14. The third-order valence-electron chi connectivity index (χ3n) is 5.91. The lowest BCUT2D eigenvalue weighted by Crippen LogP contribution is -2.39. The summed E-state index contributed by atoms with van der Waals surface area (Å²) >= 11 is 0. The average molecular weight is 556 g/mol. The molecule has 2 N–H and O–H groups in total. The van der Waals surface area contributed by atoms with Gasteiger partial charge in [-0.3, -0.25) is 4.79 Å². The molecule has 1 fully saturated rings. The zero-order valence-electron chi connectivity index (χ0n) is 22.0. The van der Waals surface area contributed by atoms with Crippen molar-refractivity contribution in [3.63, 3.8) is 0 Å². The molecule has 3 aromatic rings. The molecule has 0 saturated carbocycles. The van der Waals surface area contributed by atoms with E-state index in [-0.39, 0.29) is 29.2 Å². The second-order valence-corrected chi connectivity index (χ2v) is 11.9. The van der Waals surface area contributed by atoms with Crippen LogP contribution in [-0.2, 0) is 24.1 Å². The fourth-order valence-electron chi connectivity index (χ4n) is 4.12. The molecule has 0 radical (unpaired) electrons. The van der Waals surface area contributed by atoms with E-state index >= 15 is 0 Å². The predicted molar refractivity (Wildman–Crippen MR) is 142 cm³/mol. The van der Waals surface area contributed by atoms with Crippen molar-refractivity contribution in [1.29, 1.82) is 0 Å². The molecular formula is C26H29N5O7S. The lowest BCUT2D eigenvalue weighted by Gasteiger charge is -2.31. The van der Waals surface area contributed by atoms with Gasteiger partial charge in [-0.05, 0) is 43.7 Å². The van der Waals surface area contributed by atoms with Gasteiger partial charge in [-0.1, -0.05) is 0 Å². The first kappa shape index (κ1) is 26.8. The van der Waals surface area contributed by atoms with Crippen molar-refractivity contribution in [3.8, 4) is 22.9 Å². The number of hydrogen-bond donors (Lipinski definition) is 2. The van der Waals surface area contributed by atoms with Gasteiger partial charge in [0.05, 0.1) is 31.2 Å². The summed E-state index contributed by atoms with van der Waals surface area (Å²) in [6.07, 6.45) is 2.20. The number of hydrogen-bond acceptors (Lipinski definition) is 11. The first-order valence-corrected chi connectivity index (χ1v) is 14.2. The average Bonchev–Trinajstić information content (AvgIpc) is 2.88. The van der Waals surface area contributed by atoms with Crippen LogP contribution in [0.25, 0.3) is 11.3 Å². The number of carbonyl (C=O) groups excluding carboxylic acids is 1. The molecule has 2 aliphatic heterocycles. The van der Waals surface area contributed by atoms with E-state index in [0.29, 0.717) is 54.0 Å². The predicted octanol–water partition coefficient (Wildman–Crippen LogP) is 3.28. The molecule has 39 heavy (non-hydrogen) atoms. The Bertz CT molecular complexity index is 1520. The molecule has 5 rings (SSSR count). The van der Waals surface area contributed by atoms with E-state index in [1.807, 2.05) is 13.8 Å². The first-order valence-electron chi connectivity index (χ1n) is 12.3. The molecule has 0 bridgehead atoms. The number of ether oxygens (including phenoxy) is 4. The Morgan fingerprint density at radius 1 is 1.10 bits per heavy atom. The second-order valence-electron chi connectivity index (χ2n) is 9.90. The largest absolute Gasteiger partial charge is 0.479 e. The fourth-order valence-corrected chi connectivity index (χ4v) is 4.74. The Morgan fingerprint density at radius 3 is 2.64 bits per heavy atom. The standard InChI is InChI=1S/C26H29N5O7S/c1-15(32)28-22-11-19(17(12-27-22)18-5-6-20-25(30-18)37-14-26(2,3)38-20)29-23-9-16(21-13-35-7-8-36-21)10-24(31-23)39(4,33)34/h5-6,9-12,21H,7-8,13-14H2,1-4H3,(H2,27,28,29,31,32). The summed E-state index contributed by atoms with van der Waals surface area (Å²) in [4.78, 5) is 25.0. The summed E-state index contributed by atoms with van der Waals surface area (Å²) in [7, 11) is -3.64. The van der Waals surface area contributed by atoms with Crippen LogP contribution in [0.4, 0.5) is 17.3 Å². The first-order chi connectivity index (χ1) is 18.5. The summed E-state index contributed by atoms with van der Waals surface area (Å²) in [6.45, 7) is 6.71. The maximum Gasteiger partial charge on any atom is 0.257 e. The Balaban J connectivity index is 1.57. The number of anilines is 3. The van der Waals surface area contributed by atoms with Crippen molar-refractivity contribution in [2.24, 2.45) is 0 Å². The Hall–Kier alpha value is -3.81. The van der Waals surface area contributed by atoms with Crippen LogP contribution in [0.1, 0.15) is 32.4 Å². The Morgan fingerprint density at radius 2 is 1.92 bits per heavy atom. The highest BCUT2D eigenvalue weighted by atomic mass is 32.2. The number of rotatable bonds is 6. The van der Waals surface area contributed by atoms with Crippen LogP contribution < -0.4 is 20.1 Å². The maximum atomic E-state index is 12.5. The van der Waals surface area contributed by atoms with E-state index < -0.39 is 21.5 Å². The highest BCUT2D eigenvalue weighted by Crippen LogP contribution is 2.38. The number of aromatic nitrogens is 3. The van der Waals surface area contributed by atoms with Gasteiger partial charge in [0.2, 0.25) is 5.91 Å². The van der Waals surface area contributed by atoms with Crippen LogP contribution in [0.5, 0.6) is 11.6 Å². The number of carbonyl (C=O) groups is 1. The van der Waals surface area contributed by atoms with Gasteiger partial charge in [-0.15, -0.1) is 0 Å². The van der Waals surface area contributed by atoms with Gasteiger partial charge in [-0.25, -0.2) is 23.4 Å². The number of nitrogens with zero attached hydrogens (tertiary/aromatic N) is 3. The number of sulfone groups is 1. The van der Waals surface area contributed by atoms with Gasteiger partial charge in [0.1, 0.15) is 29.9 Å². The van der Waals surface area contributed by atoms with Crippen LogP contribution >= 0.6 is 0 Å². The maximum absolute atomic E-state index is 12.5. The van der Waals surface area contributed by atoms with Gasteiger partial charge in [0.15, 0.2) is 20.6 Å². The Labute approximate surface area is 226 Å². The van der Waals surface area contributed by atoms with Gasteiger partial charge in [0, 0.05) is 31.0 Å². The minimum absolute atomic E-state index is 0.116. The highest BCUT2D eigenvalue weighted by molar-refractivity contribution is 7.90. The molecule has 13 heteroatoms. The van der Waals surface area contributed by atoms with E-state index in [4.69, 9.17) is 18.9 Å². The third kappa shape index (κ3) is 6.27. The zero-order valence-corrected chi connectivity index (χ0v) is 22.8. The molecule has 5 heterocycles. The van der Waals surface area contributed by atoms with E-state index in [0.717, 1.165) is 6.26 Å². The van der Waals surface area contributed by atoms with E-state index in [1.165, 1.54) is 13.0 Å². The number of fused-ring (bicyclic) bond motifs is 1. The molecule has 0 spiro atoms. The molecule has 1 unspecified atom stereocenters. The van der Waals surface area contributed by atoms with Crippen LogP contribution in [0, 0.1) is 0 Å². The molecule has 1 atom stereocenters. The van der Waals surface area contributed by atoms with Gasteiger partial charge >= 0.3 is 0 Å². The van der Waals surface area contributed by atoms with E-state index in [9.17, 15) is 13.2 Å². The summed E-state index contributed by atoms with van der Waals surface area (Å²) in [5.74, 6) is 1.11. The zero-order chi connectivity index (χ0) is 27.8. The molecule has 206 valence electrons. The third-order valence-corrected chi connectivity index (χ3v) is 6.88. The monoisotopic (exact) mass is 555 g/mol. The second kappa shape index (κ2) is 10.4. The van der Waals surface area contributed by atoms with Crippen LogP contribution in [0.15, 0.2) is 41.6 Å². The topological polar surface area (TPSA) is 151 Å². The molecule has 0 aromatic carbocycles. The van der Waals surface area contributed by atoms with E-state index in [2.05, 4.69) is 25.6 Å². The van der Waals surface area contributed by atoms with Crippen LogP contribution in [0.3, 0.4) is 0 Å². The summed E-state index contributed by atoms with van der Waals surface area (Å²) < 4.78 is 48.0. The minimum Gasteiger partial charge on any atom is -0.479 e. The SMILES string of the molecule is CC(=O)Nc1cc(Nc2cc(C3COCCO3)cc(S(C)(=O)=O)n2)c(-c2ccc3c(n2)OCC(C)(C)O3)cn1. The molecule has 1 amide bonds. The normalized spacial score (nSPS) is 18.3. The van der Waals surface area contributed by atoms with Crippen molar-refractivity contribution in [3.05, 3.63) is 42.1 Å². The molecule has 12 nitrogen and oxygen atoms in total. The van der Waals surface area contributed by atoms with Crippen molar-refractivity contribution in [2.45, 2.75) is 37.5 Å². The van der Waals surface area contributed by atoms with Crippen molar-refractivity contribution in [1.82, 2.24) is 15.0 Å². The molecule has 0 aliphatic carbocycles. The summed E-state index contributed by atoms with van der Waals surface area (Å²) in [5, 5.41) is 5.74. The highest BCUT2D eigenvalue weighted by Gasteiger charge is 2.29. The minimum atomic E-state index is -3.64. The molecular weight excluding hydrogens is 526 g/mol. The lowest BCUT2D eigenvalue weighted by molar-refractivity contribution is -0.114. The molecule has 1 saturated heterocycles. The van der Waals surface area contributed by atoms with Gasteiger partial charge in [0.25, 0.3) is 5.88 Å². The smallest absolute Gasteiger partial charge is 0.257 e. The van der Waals surface area contributed by atoms with Crippen LogP contribution in [-0.4, -0.2) is 67.6 Å². The summed E-state index contributed by atoms with van der Waals surface area (Å²) in [5.41, 5.74) is 1.68. The molecule has 3 aromatic heterocycles. The van der Waals surface area contributed by atoms with Gasteiger partial charge < -0.3 is 29.6 Å². The fraction of sp³-hybridized carbons (Fsp3) is 0.385. The van der Waals surface area contributed by atoms with Crippen molar-refractivity contribution < 1.29 is 32.2 Å². The lowest BCUT2D eigenvalue weighted by atomic mass is 10.1. The van der Waals surface area contributed by atoms with Gasteiger partial charge in [-0.2, -0.15) is 0 Å². The van der Waals surface area contributed by atoms with Crippen molar-refractivity contribution in [2.75, 3.05) is 43.3 Å². The quantitative estimate of drug-likeness (QED) is 0.461. The van der Waals surface area contributed by atoms with E-state index in [1.54, 1.807) is 30.5 Å². The summed E-state index contributed by atoms with van der Waals surface area (Å²) in [6, 6.07) is 8.34.